The summed E-state index contributed by atoms with van der Waals surface area (Å²) in [5.41, 5.74) is 0.983. The number of hydrogen-bond donors (Lipinski definition) is 1. The van der Waals surface area contributed by atoms with E-state index in [2.05, 4.69) is 40.9 Å². The van der Waals surface area contributed by atoms with Crippen molar-refractivity contribution in [3.05, 3.63) is 12.0 Å². The van der Waals surface area contributed by atoms with Crippen molar-refractivity contribution in [2.24, 2.45) is 0 Å². The number of nitrogens with zero attached hydrogens (tertiary/aromatic N) is 3. The molecule has 1 saturated heterocycles. The second-order valence-corrected chi connectivity index (χ2v) is 5.08. The van der Waals surface area contributed by atoms with Gasteiger partial charge in [0.1, 0.15) is 6.26 Å². The molecule has 5 heteroatoms. The van der Waals surface area contributed by atoms with Gasteiger partial charge in [0.15, 0.2) is 0 Å². The zero-order chi connectivity index (χ0) is 13.0. The van der Waals surface area contributed by atoms with Crippen LogP contribution in [0.25, 0.3) is 0 Å². The summed E-state index contributed by atoms with van der Waals surface area (Å²) in [5.74, 6) is 0. The second kappa shape index (κ2) is 6.20. The Kier molecular flexibility index (Phi) is 4.60. The first-order valence-electron chi connectivity index (χ1n) is 6.84. The Morgan fingerprint density at radius 1 is 1.33 bits per heavy atom. The van der Waals surface area contributed by atoms with E-state index in [0.717, 1.165) is 51.0 Å². The molecule has 0 aliphatic carbocycles. The molecule has 18 heavy (non-hydrogen) atoms. The summed E-state index contributed by atoms with van der Waals surface area (Å²) in [6.07, 6.45) is 1.76. The number of rotatable bonds is 5. The SMILES string of the molecule is CCN1CCN(c2nc(CNC(C)C)co2)CC1. The number of piperazine rings is 1. The fourth-order valence-corrected chi connectivity index (χ4v) is 2.09. The van der Waals surface area contributed by atoms with Gasteiger partial charge in [-0.15, -0.1) is 0 Å². The third-order valence-electron chi connectivity index (χ3n) is 3.32. The molecule has 1 aromatic heterocycles. The van der Waals surface area contributed by atoms with E-state index in [0.29, 0.717) is 6.04 Å². The largest absolute Gasteiger partial charge is 0.432 e. The Balaban J connectivity index is 1.86. The maximum atomic E-state index is 5.56. The van der Waals surface area contributed by atoms with Gasteiger partial charge >= 0.3 is 0 Å². The first-order valence-corrected chi connectivity index (χ1v) is 6.84. The van der Waals surface area contributed by atoms with Gasteiger partial charge in [-0.05, 0) is 6.54 Å². The quantitative estimate of drug-likeness (QED) is 0.856. The third kappa shape index (κ3) is 3.46. The van der Waals surface area contributed by atoms with Gasteiger partial charge in [0.05, 0.1) is 5.69 Å². The number of hydrogen-bond acceptors (Lipinski definition) is 5. The van der Waals surface area contributed by atoms with Crippen LogP contribution in [-0.4, -0.2) is 48.6 Å². The van der Waals surface area contributed by atoms with Crippen LogP contribution in [0, 0.1) is 0 Å². The number of oxazole rings is 1. The highest BCUT2D eigenvalue weighted by molar-refractivity contribution is 5.27. The van der Waals surface area contributed by atoms with Crippen LogP contribution in [0.3, 0.4) is 0 Å². The van der Waals surface area contributed by atoms with Crippen molar-refractivity contribution in [1.82, 2.24) is 15.2 Å². The molecule has 0 spiro atoms. The van der Waals surface area contributed by atoms with E-state index in [1.54, 1.807) is 6.26 Å². The summed E-state index contributed by atoms with van der Waals surface area (Å²) in [6.45, 7) is 12.6. The van der Waals surface area contributed by atoms with Crippen LogP contribution in [-0.2, 0) is 6.54 Å². The zero-order valence-electron chi connectivity index (χ0n) is 11.6. The minimum atomic E-state index is 0.471. The van der Waals surface area contributed by atoms with Crippen LogP contribution in [0.5, 0.6) is 0 Å². The van der Waals surface area contributed by atoms with Crippen molar-refractivity contribution in [1.29, 1.82) is 0 Å². The molecule has 1 aliphatic rings. The Bertz CT molecular complexity index is 356. The average Bonchev–Trinajstić information content (AvgIpc) is 2.85. The summed E-state index contributed by atoms with van der Waals surface area (Å²) < 4.78 is 5.56. The van der Waals surface area contributed by atoms with Crippen LogP contribution in [0.4, 0.5) is 6.01 Å². The Labute approximate surface area is 109 Å². The van der Waals surface area contributed by atoms with Crippen molar-refractivity contribution in [3.8, 4) is 0 Å². The molecule has 0 radical (unpaired) electrons. The smallest absolute Gasteiger partial charge is 0.297 e. The lowest BCUT2D eigenvalue weighted by molar-refractivity contribution is 0.265. The summed E-state index contributed by atoms with van der Waals surface area (Å²) in [7, 11) is 0. The highest BCUT2D eigenvalue weighted by Crippen LogP contribution is 2.15. The van der Waals surface area contributed by atoms with Gasteiger partial charge in [0, 0.05) is 38.8 Å². The highest BCUT2D eigenvalue weighted by atomic mass is 16.4. The molecule has 1 N–H and O–H groups in total. The van der Waals surface area contributed by atoms with Crippen LogP contribution in [0.1, 0.15) is 26.5 Å². The second-order valence-electron chi connectivity index (χ2n) is 5.08. The van der Waals surface area contributed by atoms with Crippen LogP contribution < -0.4 is 10.2 Å². The van der Waals surface area contributed by atoms with Crippen LogP contribution >= 0.6 is 0 Å². The topological polar surface area (TPSA) is 44.5 Å². The van der Waals surface area contributed by atoms with Gasteiger partial charge < -0.3 is 19.5 Å². The van der Waals surface area contributed by atoms with E-state index < -0.39 is 0 Å². The Morgan fingerprint density at radius 2 is 2.06 bits per heavy atom. The lowest BCUT2D eigenvalue weighted by atomic mass is 10.3. The molecule has 0 saturated carbocycles. The summed E-state index contributed by atoms with van der Waals surface area (Å²) in [5, 5.41) is 3.34. The minimum absolute atomic E-state index is 0.471. The summed E-state index contributed by atoms with van der Waals surface area (Å²) in [6, 6.07) is 1.24. The minimum Gasteiger partial charge on any atom is -0.432 e. The Morgan fingerprint density at radius 3 is 2.67 bits per heavy atom. The molecule has 2 rings (SSSR count). The molecule has 0 unspecified atom stereocenters. The fourth-order valence-electron chi connectivity index (χ4n) is 2.09. The first kappa shape index (κ1) is 13.4. The molecule has 2 heterocycles. The Hall–Kier alpha value is -1.07. The number of aromatic nitrogens is 1. The standard InChI is InChI=1S/C13H24N4O/c1-4-16-5-7-17(8-6-16)13-15-12(10-18-13)9-14-11(2)3/h10-11,14H,4-9H2,1-3H3. The van der Waals surface area contributed by atoms with Gasteiger partial charge in [0.2, 0.25) is 0 Å². The molecule has 0 amide bonds. The van der Waals surface area contributed by atoms with E-state index in [1.807, 2.05) is 0 Å². The van der Waals surface area contributed by atoms with E-state index in [-0.39, 0.29) is 0 Å². The maximum absolute atomic E-state index is 5.56. The molecule has 0 atom stereocenters. The van der Waals surface area contributed by atoms with Crippen LogP contribution in [0.2, 0.25) is 0 Å². The van der Waals surface area contributed by atoms with Crippen molar-refractivity contribution >= 4 is 6.01 Å². The predicted octanol–water partition coefficient (Wildman–Crippen LogP) is 1.31. The molecule has 1 aliphatic heterocycles. The third-order valence-corrected chi connectivity index (χ3v) is 3.32. The van der Waals surface area contributed by atoms with Crippen molar-refractivity contribution in [3.63, 3.8) is 0 Å². The lowest BCUT2D eigenvalue weighted by Crippen LogP contribution is -2.46. The molecule has 102 valence electrons. The van der Waals surface area contributed by atoms with E-state index >= 15 is 0 Å². The maximum Gasteiger partial charge on any atom is 0.297 e. The molecular formula is C13H24N4O. The van der Waals surface area contributed by atoms with Crippen molar-refractivity contribution < 1.29 is 4.42 Å². The van der Waals surface area contributed by atoms with E-state index in [1.165, 1.54) is 0 Å². The number of likely N-dealkylation sites (N-methyl/N-ethyl adjacent to an activating group) is 1. The molecular weight excluding hydrogens is 228 g/mol. The average molecular weight is 252 g/mol. The molecule has 0 bridgehead atoms. The summed E-state index contributed by atoms with van der Waals surface area (Å²) >= 11 is 0. The fraction of sp³-hybridized carbons (Fsp3) is 0.769. The van der Waals surface area contributed by atoms with Gasteiger partial charge in [-0.2, -0.15) is 4.98 Å². The van der Waals surface area contributed by atoms with Gasteiger partial charge in [-0.3, -0.25) is 0 Å². The van der Waals surface area contributed by atoms with Crippen LogP contribution in [0.15, 0.2) is 10.7 Å². The summed E-state index contributed by atoms with van der Waals surface area (Å²) in [4.78, 5) is 9.21. The molecule has 1 aromatic rings. The molecule has 1 fully saturated rings. The number of anilines is 1. The first-order chi connectivity index (χ1) is 8.69. The van der Waals surface area contributed by atoms with Crippen molar-refractivity contribution in [2.45, 2.75) is 33.4 Å². The van der Waals surface area contributed by atoms with E-state index in [4.69, 9.17) is 4.42 Å². The normalized spacial score (nSPS) is 17.7. The predicted molar refractivity (Wildman–Crippen MR) is 72.8 cm³/mol. The van der Waals surface area contributed by atoms with E-state index in [9.17, 15) is 0 Å². The highest BCUT2D eigenvalue weighted by Gasteiger charge is 2.19. The molecule has 0 aromatic carbocycles. The number of nitrogens with one attached hydrogen (secondary N) is 1. The monoisotopic (exact) mass is 252 g/mol. The zero-order valence-corrected chi connectivity index (χ0v) is 11.6. The lowest BCUT2D eigenvalue weighted by Gasteiger charge is -2.32. The van der Waals surface area contributed by atoms with Gasteiger partial charge in [-0.1, -0.05) is 20.8 Å². The van der Waals surface area contributed by atoms with Crippen molar-refractivity contribution in [2.75, 3.05) is 37.6 Å². The van der Waals surface area contributed by atoms with Gasteiger partial charge in [0.25, 0.3) is 6.01 Å². The van der Waals surface area contributed by atoms with Gasteiger partial charge in [-0.25, -0.2) is 0 Å². The molecule has 5 nitrogen and oxygen atoms in total.